The Balaban J connectivity index is 1.83. The Labute approximate surface area is 385 Å². The Kier molecular flexibility index (Phi) is 19.5. The summed E-state index contributed by atoms with van der Waals surface area (Å²) in [4.78, 5) is 35.5. The van der Waals surface area contributed by atoms with Gasteiger partial charge in [0.2, 0.25) is 0 Å². The molecule has 4 N–H and O–H groups in total. The lowest BCUT2D eigenvalue weighted by Gasteiger charge is -2.49. The van der Waals surface area contributed by atoms with Crippen molar-refractivity contribution in [2.24, 2.45) is 28.8 Å². The fourth-order valence-electron chi connectivity index (χ4n) is 9.81. The number of benzene rings is 1. The average molecular weight is 927 g/mol. The van der Waals surface area contributed by atoms with Gasteiger partial charge in [-0.1, -0.05) is 51.0 Å². The second-order valence-corrected chi connectivity index (χ2v) is 20.3. The Bertz CT molecular complexity index is 1670. The van der Waals surface area contributed by atoms with E-state index < -0.39 is 108 Å². The van der Waals surface area contributed by atoms with Gasteiger partial charge in [-0.25, -0.2) is 0 Å². The molecule has 1 unspecified atom stereocenters. The molecule has 17 heteroatoms. The standard InChI is InChI=1S/C47H78N2O14S/c1-15-35-47(11,55)40(52)28(4)37(48-57-21-22-64-33-19-17-16-18-20-33)26(2)24-45(9,54)41(63-44-38(51)34(49(12)13)23-27(3)58-44)29(5)39(30(6)43(53)61-35)62-36-25-46(10,56-14)42(31(7)59-36)60-32(8)50/h16-20,26-31,34-36,38-42,44,51-52,54-55H,15,21-25H2,1-14H3/b48-37+/t26-,27-,28-,29+,30-,31+,34+,35+,36+,38-,39+,40-,41-,42+,44+,45?,46-,47-/m1/s1. The molecule has 18 atom stereocenters. The highest BCUT2D eigenvalue weighted by Crippen LogP contribution is 2.41. The highest BCUT2D eigenvalue weighted by molar-refractivity contribution is 7.99. The van der Waals surface area contributed by atoms with Crippen molar-refractivity contribution in [3.8, 4) is 0 Å². The highest BCUT2D eigenvalue weighted by Gasteiger charge is 2.54. The smallest absolute Gasteiger partial charge is 0.311 e. The van der Waals surface area contributed by atoms with Crippen LogP contribution >= 0.6 is 11.8 Å². The maximum Gasteiger partial charge on any atom is 0.311 e. The third-order valence-electron chi connectivity index (χ3n) is 13.5. The van der Waals surface area contributed by atoms with Crippen LogP contribution in [-0.4, -0.2) is 161 Å². The van der Waals surface area contributed by atoms with Crippen LogP contribution in [0.4, 0.5) is 0 Å². The molecule has 0 amide bonds. The van der Waals surface area contributed by atoms with Crippen LogP contribution in [0.25, 0.3) is 0 Å². The quantitative estimate of drug-likeness (QED) is 0.0894. The molecule has 1 aromatic rings. The monoisotopic (exact) mass is 927 g/mol. The molecule has 3 aliphatic heterocycles. The van der Waals surface area contributed by atoms with Crippen molar-refractivity contribution in [3.05, 3.63) is 30.3 Å². The number of hydrogen-bond donors (Lipinski definition) is 4. The van der Waals surface area contributed by atoms with Crippen molar-refractivity contribution in [1.82, 2.24) is 4.90 Å². The molecule has 0 radical (unpaired) electrons. The molecule has 3 saturated heterocycles. The maximum atomic E-state index is 14.5. The number of aliphatic hydroxyl groups excluding tert-OH is 2. The van der Waals surface area contributed by atoms with E-state index >= 15 is 0 Å². The number of aliphatic hydroxyl groups is 4. The van der Waals surface area contributed by atoms with Crippen LogP contribution in [0.2, 0.25) is 0 Å². The molecule has 1 aromatic carbocycles. The molecule has 0 bridgehead atoms. The first-order valence-corrected chi connectivity index (χ1v) is 23.8. The van der Waals surface area contributed by atoms with Gasteiger partial charge < -0.3 is 63.3 Å². The number of likely N-dealkylation sites (N-methyl/N-ethyl adjacent to an activating group) is 1. The van der Waals surface area contributed by atoms with E-state index in [9.17, 15) is 30.0 Å². The number of nitrogens with zero attached hydrogens (tertiary/aromatic N) is 2. The van der Waals surface area contributed by atoms with Crippen LogP contribution < -0.4 is 0 Å². The minimum Gasteiger partial charge on any atom is -0.459 e. The third-order valence-corrected chi connectivity index (χ3v) is 14.4. The van der Waals surface area contributed by atoms with E-state index in [1.807, 2.05) is 63.2 Å². The first-order valence-electron chi connectivity index (χ1n) is 22.8. The van der Waals surface area contributed by atoms with Crippen molar-refractivity contribution in [2.45, 2.75) is 191 Å². The lowest BCUT2D eigenvalue weighted by Crippen LogP contribution is -2.61. The van der Waals surface area contributed by atoms with Crippen molar-refractivity contribution >= 4 is 29.4 Å². The largest absolute Gasteiger partial charge is 0.459 e. The predicted molar refractivity (Wildman–Crippen MR) is 241 cm³/mol. The second-order valence-electron chi connectivity index (χ2n) is 19.2. The SMILES string of the molecule is CC[C@@H]1OC(=O)[C@H](C)[C@@H](O[C@H]2C[C@@](C)(OC)[C@@H](OC(C)=O)[C@H](C)O2)[C@H](C)[C@@H](O[C@@H]2O[C@H](C)C[C@H](N(C)C)[C@H]2O)C(C)(O)C[C@@H](C)/C(=N\OCCSc2ccccc2)[C@@H](C)[C@@H](O)[C@]1(C)O. The molecule has 3 heterocycles. The number of ether oxygens (including phenoxy) is 7. The summed E-state index contributed by atoms with van der Waals surface area (Å²) in [6, 6.07) is 9.54. The van der Waals surface area contributed by atoms with Crippen molar-refractivity contribution in [3.63, 3.8) is 0 Å². The Morgan fingerprint density at radius 3 is 2.20 bits per heavy atom. The minimum atomic E-state index is -1.96. The van der Waals surface area contributed by atoms with Crippen LogP contribution in [0.5, 0.6) is 0 Å². The van der Waals surface area contributed by atoms with E-state index in [2.05, 4.69) is 5.16 Å². The summed E-state index contributed by atoms with van der Waals surface area (Å²) in [5, 5.41) is 53.4. The number of thioether (sulfide) groups is 1. The van der Waals surface area contributed by atoms with E-state index in [-0.39, 0.29) is 38.0 Å². The molecule has 64 heavy (non-hydrogen) atoms. The van der Waals surface area contributed by atoms with Gasteiger partial charge in [0, 0.05) is 54.9 Å². The number of oxime groups is 1. The molecule has 4 rings (SSSR count). The van der Waals surface area contributed by atoms with E-state index in [0.717, 1.165) is 4.90 Å². The van der Waals surface area contributed by atoms with Crippen LogP contribution in [0, 0.1) is 23.7 Å². The number of hydrogen-bond acceptors (Lipinski definition) is 17. The first-order chi connectivity index (χ1) is 29.9. The van der Waals surface area contributed by atoms with Crippen molar-refractivity contribution in [2.75, 3.05) is 33.6 Å². The molecule has 16 nitrogen and oxygen atoms in total. The fraction of sp³-hybridized carbons (Fsp3) is 0.809. The minimum absolute atomic E-state index is 0.0107. The summed E-state index contributed by atoms with van der Waals surface area (Å²) < 4.78 is 44.0. The van der Waals surface area contributed by atoms with Crippen LogP contribution in [0.15, 0.2) is 40.4 Å². The van der Waals surface area contributed by atoms with Gasteiger partial charge in [-0.15, -0.1) is 11.8 Å². The van der Waals surface area contributed by atoms with Crippen LogP contribution in [0.3, 0.4) is 0 Å². The fourth-order valence-corrected chi connectivity index (χ4v) is 10.6. The van der Waals surface area contributed by atoms with E-state index in [0.29, 0.717) is 17.9 Å². The molecular formula is C47H78N2O14S. The second kappa shape index (κ2) is 23.1. The highest BCUT2D eigenvalue weighted by atomic mass is 32.2. The molecule has 0 aromatic heterocycles. The Morgan fingerprint density at radius 2 is 1.61 bits per heavy atom. The van der Waals surface area contributed by atoms with E-state index in [4.69, 9.17) is 38.0 Å². The van der Waals surface area contributed by atoms with Gasteiger partial charge in [0.05, 0.1) is 47.8 Å². The summed E-state index contributed by atoms with van der Waals surface area (Å²) in [5.41, 5.74) is -4.43. The number of rotatable bonds is 13. The van der Waals surface area contributed by atoms with E-state index in [1.165, 1.54) is 21.0 Å². The van der Waals surface area contributed by atoms with Gasteiger partial charge in [0.25, 0.3) is 0 Å². The van der Waals surface area contributed by atoms with Gasteiger partial charge in [-0.05, 0) is 87.0 Å². The summed E-state index contributed by atoms with van der Waals surface area (Å²) >= 11 is 1.60. The third kappa shape index (κ3) is 13.2. The number of cyclic esters (lactones) is 1. The molecule has 3 fully saturated rings. The molecule has 0 aliphatic carbocycles. The summed E-state index contributed by atoms with van der Waals surface area (Å²) in [6.45, 7) is 18.7. The zero-order valence-electron chi connectivity index (χ0n) is 40.5. The van der Waals surface area contributed by atoms with Crippen molar-refractivity contribution < 1.29 is 68.0 Å². The van der Waals surface area contributed by atoms with Crippen LogP contribution in [-0.2, 0) is 47.6 Å². The topological polar surface area (TPSA) is 204 Å². The Hall–Kier alpha value is -2.42. The number of methoxy groups -OCH3 is 1. The first kappa shape index (κ1) is 54.2. The predicted octanol–water partition coefficient (Wildman–Crippen LogP) is 4.95. The van der Waals surface area contributed by atoms with Gasteiger partial charge in [0.15, 0.2) is 18.7 Å². The number of esters is 2. The van der Waals surface area contributed by atoms with Gasteiger partial charge in [0.1, 0.15) is 30.0 Å². The molecule has 0 spiro atoms. The van der Waals surface area contributed by atoms with Crippen molar-refractivity contribution in [1.29, 1.82) is 0 Å². The molecular weight excluding hydrogens is 849 g/mol. The summed E-state index contributed by atoms with van der Waals surface area (Å²) in [5.74, 6) is -4.04. The number of carbonyl (C=O) groups is 2. The van der Waals surface area contributed by atoms with Gasteiger partial charge in [-0.3, -0.25) is 9.59 Å². The van der Waals surface area contributed by atoms with Crippen LogP contribution in [0.1, 0.15) is 102 Å². The van der Waals surface area contributed by atoms with Gasteiger partial charge >= 0.3 is 11.9 Å². The molecule has 3 aliphatic rings. The van der Waals surface area contributed by atoms with E-state index in [1.54, 1.807) is 60.2 Å². The number of carbonyl (C=O) groups excluding carboxylic acids is 2. The summed E-state index contributed by atoms with van der Waals surface area (Å²) in [7, 11) is 5.24. The summed E-state index contributed by atoms with van der Waals surface area (Å²) in [6.07, 6.45) is -9.34. The lowest BCUT2D eigenvalue weighted by atomic mass is 9.73. The zero-order chi connectivity index (χ0) is 47.9. The Morgan fingerprint density at radius 1 is 0.953 bits per heavy atom. The maximum absolute atomic E-state index is 14.5. The average Bonchev–Trinajstić information content (AvgIpc) is 3.22. The normalized spacial score (nSPS) is 42.5. The zero-order valence-corrected chi connectivity index (χ0v) is 41.3. The molecule has 366 valence electrons. The molecule has 0 saturated carbocycles. The lowest BCUT2D eigenvalue weighted by molar-refractivity contribution is -0.318. The van der Waals surface area contributed by atoms with Gasteiger partial charge in [-0.2, -0.15) is 0 Å².